The minimum atomic E-state index is -0.444. The molecule has 0 aromatic rings. The molecule has 0 saturated carbocycles. The van der Waals surface area contributed by atoms with Crippen LogP contribution < -0.4 is 0 Å². The number of hydrogen-bond donors (Lipinski definition) is 0. The van der Waals surface area contributed by atoms with E-state index in [-0.39, 0.29) is 5.97 Å². The third-order valence-corrected chi connectivity index (χ3v) is 2.66. The Labute approximate surface area is 81.4 Å². The van der Waals surface area contributed by atoms with Crippen molar-refractivity contribution in [3.8, 4) is 0 Å². The Balaban J connectivity index is 0. The van der Waals surface area contributed by atoms with Crippen LogP contribution in [0, 0.1) is 0 Å². The Morgan fingerprint density at radius 1 is 1.42 bits per heavy atom. The van der Waals surface area contributed by atoms with Gasteiger partial charge in [0.05, 0.1) is 7.11 Å². The van der Waals surface area contributed by atoms with Gasteiger partial charge in [-0.1, -0.05) is 6.58 Å². The van der Waals surface area contributed by atoms with Crippen LogP contribution in [0.15, 0.2) is 12.2 Å². The number of rotatable bonds is 3. The molecule has 0 bridgehead atoms. The molecule has 0 aromatic carbocycles. The lowest BCUT2D eigenvalue weighted by molar-refractivity contribution is -0.136. The van der Waals surface area contributed by atoms with Crippen molar-refractivity contribution in [2.24, 2.45) is 0 Å². The number of methoxy groups -OCH3 is 1. The molecule has 0 aliphatic heterocycles. The van der Waals surface area contributed by atoms with Crippen LogP contribution in [0.5, 0.6) is 0 Å². The first-order valence-corrected chi connectivity index (χ1v) is 6.10. The predicted octanol–water partition coefficient (Wildman–Crippen LogP) is -2.69. The molecule has 0 N–H and O–H groups in total. The Bertz CT molecular complexity index is 137. The van der Waals surface area contributed by atoms with Crippen molar-refractivity contribution < 1.29 is 17.8 Å². The maximum atomic E-state index is 10.2. The van der Waals surface area contributed by atoms with E-state index >= 15 is 0 Å². The fourth-order valence-electron chi connectivity index (χ4n) is 0.292. The predicted molar refractivity (Wildman–Crippen MR) is 57.4 cm³/mol. The molecule has 4 nitrogen and oxygen atoms in total. The molecule has 0 heterocycles. The molecular weight excluding hydrogens is 208 g/mol. The summed E-state index contributed by atoms with van der Waals surface area (Å²) in [5.41, 5.74) is 0.433. The smallest absolute Gasteiger partial charge is 0.332 e. The fraction of sp³-hybridized carbons (Fsp3) is 0.400. The van der Waals surface area contributed by atoms with Crippen molar-refractivity contribution in [3.63, 3.8) is 0 Å². The van der Waals surface area contributed by atoms with Gasteiger partial charge in [0.25, 0.3) is 10.0 Å². The normalized spacial score (nSPS) is 9.50. The summed E-state index contributed by atoms with van der Waals surface area (Å²) in [4.78, 5) is 10.2. The van der Waals surface area contributed by atoms with E-state index in [2.05, 4.69) is 11.3 Å². The van der Waals surface area contributed by atoms with Crippen LogP contribution in [-0.2, 0) is 17.8 Å². The Hall–Kier alpha value is -0.219. The van der Waals surface area contributed by atoms with Crippen LogP contribution in [0.25, 0.3) is 0 Å². The lowest BCUT2D eigenvalue weighted by Gasteiger charge is -1.91. The van der Waals surface area contributed by atoms with Crippen molar-refractivity contribution in [1.29, 1.82) is 0 Å². The minimum absolute atomic E-state index is 0.347. The first kappa shape index (κ1) is 14.3. The lowest BCUT2D eigenvalue weighted by atomic mass is 10.4. The number of ether oxygens (including phenoxy) is 1. The Kier molecular flexibility index (Phi) is 12.9. The fourth-order valence-corrected chi connectivity index (χ4v) is 3.36. The highest BCUT2D eigenvalue weighted by Gasteiger charge is 1.95. The van der Waals surface area contributed by atoms with Gasteiger partial charge >= 0.3 is 5.97 Å². The second kappa shape index (κ2) is 10.8. The molecule has 0 aromatic heterocycles. The van der Waals surface area contributed by atoms with Crippen LogP contribution in [-0.4, -0.2) is 44.1 Å². The highest BCUT2D eigenvalue weighted by Crippen LogP contribution is 1.87. The molecule has 0 fully saturated rings. The molecule has 0 aliphatic rings. The van der Waals surface area contributed by atoms with E-state index in [0.29, 0.717) is 5.57 Å². The van der Waals surface area contributed by atoms with Crippen LogP contribution in [0.1, 0.15) is 6.92 Å². The highest BCUT2D eigenvalue weighted by atomic mass is 28.3. The molecule has 0 amide bonds. The van der Waals surface area contributed by atoms with E-state index in [4.69, 9.17) is 8.23 Å². The number of carbonyl (C=O) groups is 1. The van der Waals surface area contributed by atoms with Crippen molar-refractivity contribution in [2.75, 3.05) is 7.11 Å². The maximum absolute atomic E-state index is 10.2. The van der Waals surface area contributed by atoms with E-state index < -0.39 is 10.0 Å². The second-order valence-electron chi connectivity index (χ2n) is 1.97. The van der Waals surface area contributed by atoms with Crippen molar-refractivity contribution in [3.05, 3.63) is 12.2 Å². The second-order valence-corrected chi connectivity index (χ2v) is 6.82. The molecule has 7 heteroatoms. The van der Waals surface area contributed by atoms with Crippen LogP contribution >= 0.6 is 0 Å². The maximum Gasteiger partial charge on any atom is 0.332 e. The van der Waals surface area contributed by atoms with E-state index in [0.717, 1.165) is 21.0 Å². The van der Waals surface area contributed by atoms with E-state index in [1.165, 1.54) is 7.11 Å². The molecule has 0 atom stereocenters. The highest BCUT2D eigenvalue weighted by molar-refractivity contribution is 6.33. The van der Waals surface area contributed by atoms with Crippen LogP contribution in [0.4, 0.5) is 0 Å². The summed E-state index contributed by atoms with van der Waals surface area (Å²) in [6.07, 6.45) is 0. The third-order valence-electron chi connectivity index (χ3n) is 0.770. The Morgan fingerprint density at radius 3 is 1.83 bits per heavy atom. The van der Waals surface area contributed by atoms with Crippen LogP contribution in [0.3, 0.4) is 0 Å². The molecule has 12 heavy (non-hydrogen) atoms. The van der Waals surface area contributed by atoms with E-state index in [9.17, 15) is 4.79 Å². The van der Waals surface area contributed by atoms with Crippen molar-refractivity contribution >= 4 is 36.9 Å². The standard InChI is InChI=1S/C5H8O2.H8O2Si3/c1-4(2)5(6)7-3;3-1-5-2-4/h1H2,2-3H3;5H2,3-4H3. The van der Waals surface area contributed by atoms with Crippen molar-refractivity contribution in [2.45, 2.75) is 6.92 Å². The molecule has 0 radical (unpaired) electrons. The zero-order chi connectivity index (χ0) is 9.98. The van der Waals surface area contributed by atoms with Gasteiger partial charge in [0, 0.05) is 5.57 Å². The van der Waals surface area contributed by atoms with Gasteiger partial charge in [-0.25, -0.2) is 4.79 Å². The van der Waals surface area contributed by atoms with E-state index in [1.807, 2.05) is 0 Å². The molecule has 0 spiro atoms. The van der Waals surface area contributed by atoms with Gasteiger partial charge in [-0.05, 0) is 6.92 Å². The summed E-state index contributed by atoms with van der Waals surface area (Å²) in [7, 11) is 2.60. The van der Waals surface area contributed by atoms with Gasteiger partial charge in [-0.15, -0.1) is 0 Å². The summed E-state index contributed by atoms with van der Waals surface area (Å²) in [6, 6.07) is 0. The molecule has 72 valence electrons. The monoisotopic (exact) mass is 224 g/mol. The summed E-state index contributed by atoms with van der Waals surface area (Å²) in [6.45, 7) is 4.95. The summed E-state index contributed by atoms with van der Waals surface area (Å²) >= 11 is 0. The first-order valence-electron chi connectivity index (χ1n) is 3.31. The van der Waals surface area contributed by atoms with Gasteiger partial charge in [-0.2, -0.15) is 0 Å². The Morgan fingerprint density at radius 2 is 1.83 bits per heavy atom. The summed E-state index contributed by atoms with van der Waals surface area (Å²) in [5.74, 6) is -0.347. The zero-order valence-electron chi connectivity index (χ0n) is 8.05. The number of hydrogen-bond acceptors (Lipinski definition) is 4. The average molecular weight is 224 g/mol. The van der Waals surface area contributed by atoms with E-state index in [1.54, 1.807) is 6.92 Å². The SMILES string of the molecule is C=C(C)C(=O)OC.[SiH3]O[SiH2]O[SiH3]. The number of esters is 1. The summed E-state index contributed by atoms with van der Waals surface area (Å²) in [5, 5.41) is 0. The topological polar surface area (TPSA) is 44.8 Å². The molecule has 0 saturated heterocycles. The molecule has 0 aliphatic carbocycles. The average Bonchev–Trinajstić information content (AvgIpc) is 2.05. The van der Waals surface area contributed by atoms with Crippen molar-refractivity contribution in [1.82, 2.24) is 0 Å². The molecular formula is C5H16O4Si3. The summed E-state index contributed by atoms with van der Waals surface area (Å²) < 4.78 is 13.8. The third kappa shape index (κ3) is 12.5. The zero-order valence-corrected chi connectivity index (χ0v) is 13.5. The van der Waals surface area contributed by atoms with Gasteiger partial charge in [-0.3, -0.25) is 0 Å². The molecule has 0 rings (SSSR count). The van der Waals surface area contributed by atoms with Gasteiger partial charge in [0.15, 0.2) is 0 Å². The quantitative estimate of drug-likeness (QED) is 0.298. The van der Waals surface area contributed by atoms with Gasteiger partial charge in [0.2, 0.25) is 0 Å². The lowest BCUT2D eigenvalue weighted by Crippen LogP contribution is -1.98. The van der Waals surface area contributed by atoms with Gasteiger partial charge < -0.3 is 13.0 Å². The number of carbonyl (C=O) groups excluding carboxylic acids is 1. The van der Waals surface area contributed by atoms with Gasteiger partial charge in [0.1, 0.15) is 21.0 Å². The van der Waals surface area contributed by atoms with Crippen LogP contribution in [0.2, 0.25) is 0 Å². The largest absolute Gasteiger partial charge is 0.466 e. The minimum Gasteiger partial charge on any atom is -0.466 e. The molecule has 0 unspecified atom stereocenters. The first-order chi connectivity index (χ1) is 5.59.